The van der Waals surface area contributed by atoms with Crippen molar-refractivity contribution in [1.29, 1.82) is 0 Å². The number of rotatable bonds is 5. The van der Waals surface area contributed by atoms with Crippen LogP contribution in [0.25, 0.3) is 0 Å². The van der Waals surface area contributed by atoms with Gasteiger partial charge in [-0.15, -0.1) is 0 Å². The number of sulfonamides is 1. The average Bonchev–Trinajstić information content (AvgIpc) is 3.25. The molecule has 2 aliphatic rings. The number of benzene rings is 2. The number of carbonyl (C=O) groups excluding carboxylic acids is 1. The molecule has 10 heteroatoms. The molecule has 1 aliphatic heterocycles. The zero-order chi connectivity index (χ0) is 25.3. The van der Waals surface area contributed by atoms with Crippen LogP contribution >= 0.6 is 0 Å². The van der Waals surface area contributed by atoms with E-state index >= 15 is 0 Å². The minimum Gasteiger partial charge on any atom is -0.455 e. The maximum absolute atomic E-state index is 13.3. The van der Waals surface area contributed by atoms with Gasteiger partial charge in [0.25, 0.3) is 15.9 Å². The Labute approximate surface area is 209 Å². The Hall–Kier alpha value is -3.66. The number of hydrazone groups is 1. The maximum Gasteiger partial charge on any atom is 0.289 e. The maximum atomic E-state index is 13.3. The quantitative estimate of drug-likeness (QED) is 0.528. The number of para-hydroxylation sites is 1. The second-order valence-electron chi connectivity index (χ2n) is 8.93. The number of halogens is 1. The molecule has 1 saturated heterocycles. The highest BCUT2D eigenvalue weighted by Crippen LogP contribution is 2.31. The average molecular weight is 511 g/mol. The lowest BCUT2D eigenvalue weighted by molar-refractivity contribution is 0.0711. The van der Waals surface area contributed by atoms with Crippen LogP contribution in [0.15, 0.2) is 69.0 Å². The van der Waals surface area contributed by atoms with E-state index in [4.69, 9.17) is 4.42 Å². The standard InChI is InChI=1S/C26H27FN4O4S/c1-18-24-22(28-29-36(33,34)21-12-10-19(27)11-13-21)8-5-9-23(24)35-25(18)26(32)31-16-14-30(15-17-31)20-6-3-2-4-7-20/h2-4,6-7,10-13,29H,5,8-9,14-17H2,1H3/b28-22+. The van der Waals surface area contributed by atoms with Crippen LogP contribution in [-0.2, 0) is 16.4 Å². The SMILES string of the molecule is Cc1c(C(=O)N2CCN(c3ccccc3)CC2)oc2c1/C(=N/NS(=O)(=O)c1ccc(F)cc1)CCC2. The molecule has 5 rings (SSSR count). The first kappa shape index (κ1) is 24.1. The second-order valence-corrected chi connectivity index (χ2v) is 10.6. The number of hydrogen-bond donors (Lipinski definition) is 1. The summed E-state index contributed by atoms with van der Waals surface area (Å²) in [5, 5.41) is 4.18. The first-order valence-corrected chi connectivity index (χ1v) is 13.4. The number of piperazine rings is 1. The third-order valence-electron chi connectivity index (χ3n) is 6.63. The van der Waals surface area contributed by atoms with Crippen LogP contribution in [0.2, 0.25) is 0 Å². The van der Waals surface area contributed by atoms with Gasteiger partial charge in [-0.3, -0.25) is 4.79 Å². The van der Waals surface area contributed by atoms with Gasteiger partial charge in [0.05, 0.1) is 10.6 Å². The lowest BCUT2D eigenvalue weighted by Crippen LogP contribution is -2.48. The summed E-state index contributed by atoms with van der Waals surface area (Å²) in [5.74, 6) is 0.236. The zero-order valence-electron chi connectivity index (χ0n) is 19.9. The Morgan fingerprint density at radius 2 is 1.69 bits per heavy atom. The molecule has 0 spiro atoms. The summed E-state index contributed by atoms with van der Waals surface area (Å²) >= 11 is 0. The van der Waals surface area contributed by atoms with Crippen LogP contribution in [0.4, 0.5) is 10.1 Å². The van der Waals surface area contributed by atoms with Crippen molar-refractivity contribution in [3.63, 3.8) is 0 Å². The molecule has 0 bridgehead atoms. The molecule has 1 amide bonds. The molecule has 0 radical (unpaired) electrons. The van der Waals surface area contributed by atoms with Crippen molar-refractivity contribution in [2.24, 2.45) is 5.10 Å². The monoisotopic (exact) mass is 510 g/mol. The van der Waals surface area contributed by atoms with Gasteiger partial charge in [-0.1, -0.05) is 18.2 Å². The number of nitrogens with zero attached hydrogens (tertiary/aromatic N) is 3. The molecular weight excluding hydrogens is 483 g/mol. The molecule has 0 unspecified atom stereocenters. The third-order valence-corrected chi connectivity index (χ3v) is 7.86. The van der Waals surface area contributed by atoms with Gasteiger partial charge in [0.2, 0.25) is 0 Å². The Morgan fingerprint density at radius 3 is 2.39 bits per heavy atom. The van der Waals surface area contributed by atoms with Crippen molar-refractivity contribution in [3.05, 3.63) is 83.1 Å². The van der Waals surface area contributed by atoms with Crippen molar-refractivity contribution in [3.8, 4) is 0 Å². The van der Waals surface area contributed by atoms with Crippen LogP contribution in [0.5, 0.6) is 0 Å². The van der Waals surface area contributed by atoms with Crippen molar-refractivity contribution < 1.29 is 22.0 Å². The first-order chi connectivity index (χ1) is 17.3. The number of aryl methyl sites for hydroxylation is 1. The minimum absolute atomic E-state index is 0.0845. The van der Waals surface area contributed by atoms with Crippen molar-refractivity contribution >= 4 is 27.3 Å². The van der Waals surface area contributed by atoms with Gasteiger partial charge in [-0.25, -0.2) is 4.39 Å². The molecule has 1 fully saturated rings. The molecule has 1 aromatic heterocycles. The summed E-state index contributed by atoms with van der Waals surface area (Å²) in [4.78, 5) is 19.6. The zero-order valence-corrected chi connectivity index (χ0v) is 20.7. The number of nitrogens with one attached hydrogen (secondary N) is 1. The second kappa shape index (κ2) is 9.77. The van der Waals surface area contributed by atoms with Crippen LogP contribution < -0.4 is 9.73 Å². The van der Waals surface area contributed by atoms with E-state index in [2.05, 4.69) is 27.0 Å². The minimum atomic E-state index is -3.96. The van der Waals surface area contributed by atoms with Gasteiger partial charge < -0.3 is 14.2 Å². The highest BCUT2D eigenvalue weighted by Gasteiger charge is 2.31. The van der Waals surface area contributed by atoms with Gasteiger partial charge in [0, 0.05) is 49.4 Å². The summed E-state index contributed by atoms with van der Waals surface area (Å²) in [5.41, 5.74) is 3.02. The Kier molecular flexibility index (Phi) is 6.53. The van der Waals surface area contributed by atoms with E-state index in [0.717, 1.165) is 37.3 Å². The predicted molar refractivity (Wildman–Crippen MR) is 134 cm³/mol. The lowest BCUT2D eigenvalue weighted by Gasteiger charge is -2.35. The Bertz CT molecular complexity index is 1390. The lowest BCUT2D eigenvalue weighted by atomic mass is 9.93. The molecule has 0 saturated carbocycles. The number of carbonyl (C=O) groups is 1. The van der Waals surface area contributed by atoms with E-state index in [1.54, 1.807) is 4.90 Å². The molecular formula is C26H27FN4O4S. The molecule has 1 aliphatic carbocycles. The smallest absolute Gasteiger partial charge is 0.289 e. The number of furan rings is 1. The van der Waals surface area contributed by atoms with Crippen LogP contribution in [0.3, 0.4) is 0 Å². The Balaban J connectivity index is 1.33. The Morgan fingerprint density at radius 1 is 1.00 bits per heavy atom. The number of anilines is 1. The third kappa shape index (κ3) is 4.73. The van der Waals surface area contributed by atoms with Gasteiger partial charge in [-0.2, -0.15) is 18.4 Å². The largest absolute Gasteiger partial charge is 0.455 e. The molecule has 2 heterocycles. The highest BCUT2D eigenvalue weighted by molar-refractivity contribution is 7.89. The van der Waals surface area contributed by atoms with Crippen LogP contribution in [0, 0.1) is 12.7 Å². The van der Waals surface area contributed by atoms with E-state index in [1.807, 2.05) is 25.1 Å². The topological polar surface area (TPSA) is 95.2 Å². The van der Waals surface area contributed by atoms with E-state index in [9.17, 15) is 17.6 Å². The molecule has 1 N–H and O–H groups in total. The molecule has 36 heavy (non-hydrogen) atoms. The number of fused-ring (bicyclic) bond motifs is 1. The summed E-state index contributed by atoms with van der Waals surface area (Å²) < 4.78 is 44.4. The molecule has 8 nitrogen and oxygen atoms in total. The summed E-state index contributed by atoms with van der Waals surface area (Å²) in [6.45, 7) is 4.43. The van der Waals surface area contributed by atoms with Gasteiger partial charge in [0.15, 0.2) is 5.76 Å². The summed E-state index contributed by atoms with van der Waals surface area (Å²) in [7, 11) is -3.96. The predicted octanol–water partition coefficient (Wildman–Crippen LogP) is 3.71. The van der Waals surface area contributed by atoms with Gasteiger partial charge in [-0.05, 0) is 56.2 Å². The van der Waals surface area contributed by atoms with E-state index < -0.39 is 15.8 Å². The fraction of sp³-hybridized carbons (Fsp3) is 0.308. The van der Waals surface area contributed by atoms with Crippen molar-refractivity contribution in [2.45, 2.75) is 31.1 Å². The van der Waals surface area contributed by atoms with Crippen LogP contribution in [-0.4, -0.2) is 51.1 Å². The fourth-order valence-corrected chi connectivity index (χ4v) is 5.55. The molecule has 2 aromatic carbocycles. The molecule has 188 valence electrons. The summed E-state index contributed by atoms with van der Waals surface area (Å²) in [6.07, 6.45) is 1.91. The highest BCUT2D eigenvalue weighted by atomic mass is 32.2. The van der Waals surface area contributed by atoms with Gasteiger partial charge in [0.1, 0.15) is 11.6 Å². The van der Waals surface area contributed by atoms with Gasteiger partial charge >= 0.3 is 0 Å². The van der Waals surface area contributed by atoms with Crippen molar-refractivity contribution in [1.82, 2.24) is 9.73 Å². The van der Waals surface area contributed by atoms with E-state index in [1.165, 1.54) is 12.1 Å². The van der Waals surface area contributed by atoms with Crippen LogP contribution in [0.1, 0.15) is 40.3 Å². The normalized spacial score (nSPS) is 17.2. The number of hydrogen-bond acceptors (Lipinski definition) is 6. The fourth-order valence-electron chi connectivity index (χ4n) is 4.72. The van der Waals surface area contributed by atoms with E-state index in [0.29, 0.717) is 48.5 Å². The number of amides is 1. The first-order valence-electron chi connectivity index (χ1n) is 11.9. The molecule has 0 atom stereocenters. The van der Waals surface area contributed by atoms with E-state index in [-0.39, 0.29) is 16.6 Å². The summed E-state index contributed by atoms with van der Waals surface area (Å²) in [6, 6.07) is 14.6. The molecule has 3 aromatic rings. The van der Waals surface area contributed by atoms with Crippen molar-refractivity contribution in [2.75, 3.05) is 31.1 Å².